The molecule has 33 heavy (non-hydrogen) atoms. The number of hydrogen-bond donors (Lipinski definition) is 1. The third kappa shape index (κ3) is 4.71. The Labute approximate surface area is 195 Å². The van der Waals surface area contributed by atoms with Crippen LogP contribution in [-0.2, 0) is 6.54 Å². The number of hydrogen-bond acceptors (Lipinski definition) is 5. The normalized spacial score (nSPS) is 15.1. The molecule has 3 heterocycles. The fourth-order valence-corrected chi connectivity index (χ4v) is 4.56. The summed E-state index contributed by atoms with van der Waals surface area (Å²) in [7, 11) is 3.88. The van der Waals surface area contributed by atoms with Crippen LogP contribution in [0.1, 0.15) is 24.1 Å². The molecule has 2 aromatic heterocycles. The number of rotatable bonds is 6. The molecule has 0 saturated carbocycles. The molecule has 0 aliphatic carbocycles. The van der Waals surface area contributed by atoms with Crippen LogP contribution in [0.15, 0.2) is 60.8 Å². The molecule has 1 aliphatic rings. The maximum absolute atomic E-state index is 5.26. The van der Waals surface area contributed by atoms with Gasteiger partial charge >= 0.3 is 0 Å². The van der Waals surface area contributed by atoms with E-state index in [1.165, 1.54) is 29.7 Å². The van der Waals surface area contributed by atoms with Gasteiger partial charge in [-0.25, -0.2) is 9.67 Å². The summed E-state index contributed by atoms with van der Waals surface area (Å²) >= 11 is 0. The molecule has 0 unspecified atom stereocenters. The third-order valence-corrected chi connectivity index (χ3v) is 6.55. The summed E-state index contributed by atoms with van der Waals surface area (Å²) in [6.07, 6.45) is 4.32. The first kappa shape index (κ1) is 21.5. The van der Waals surface area contributed by atoms with Crippen molar-refractivity contribution in [2.45, 2.75) is 32.4 Å². The Morgan fingerprint density at radius 1 is 1.03 bits per heavy atom. The number of nitrogens with one attached hydrogen (secondary N) is 1. The van der Waals surface area contributed by atoms with E-state index in [-0.39, 0.29) is 0 Å². The average Bonchev–Trinajstić information content (AvgIpc) is 3.15. The summed E-state index contributed by atoms with van der Waals surface area (Å²) in [5, 5.41) is 9.59. The Bertz CT molecular complexity index is 1240. The summed E-state index contributed by atoms with van der Waals surface area (Å²) < 4.78 is 7.24. The zero-order valence-corrected chi connectivity index (χ0v) is 19.6. The number of piperidine rings is 1. The molecule has 1 N–H and O–H groups in total. The molecular weight excluding hydrogens is 410 g/mol. The van der Waals surface area contributed by atoms with Gasteiger partial charge in [-0.2, -0.15) is 5.10 Å². The predicted octanol–water partition coefficient (Wildman–Crippen LogP) is 4.97. The number of ether oxygens (including phenoxy) is 1. The van der Waals surface area contributed by atoms with Gasteiger partial charge in [0.15, 0.2) is 5.65 Å². The molecular formula is C27H31N5O. The monoisotopic (exact) mass is 441 g/mol. The van der Waals surface area contributed by atoms with Gasteiger partial charge in [0.05, 0.1) is 19.3 Å². The zero-order chi connectivity index (χ0) is 22.8. The first-order chi connectivity index (χ1) is 16.1. The second kappa shape index (κ2) is 9.24. The minimum absolute atomic E-state index is 0.537. The van der Waals surface area contributed by atoms with E-state index >= 15 is 0 Å². The molecule has 0 bridgehead atoms. The Morgan fingerprint density at radius 3 is 2.58 bits per heavy atom. The number of pyridine rings is 1. The van der Waals surface area contributed by atoms with Gasteiger partial charge in [0.1, 0.15) is 5.75 Å². The Morgan fingerprint density at radius 2 is 1.82 bits per heavy atom. The molecule has 4 aromatic rings. The Hall–Kier alpha value is -3.38. The van der Waals surface area contributed by atoms with Gasteiger partial charge in [-0.1, -0.05) is 24.3 Å². The van der Waals surface area contributed by atoms with E-state index in [4.69, 9.17) is 14.8 Å². The van der Waals surface area contributed by atoms with Crippen LogP contribution in [0.4, 0.5) is 5.69 Å². The van der Waals surface area contributed by atoms with Gasteiger partial charge in [-0.15, -0.1) is 0 Å². The highest BCUT2D eigenvalue weighted by Crippen LogP contribution is 2.28. The smallest absolute Gasteiger partial charge is 0.158 e. The summed E-state index contributed by atoms with van der Waals surface area (Å²) in [5.41, 5.74) is 6.53. The number of nitrogens with zero attached hydrogens (tertiary/aromatic N) is 4. The highest BCUT2D eigenvalue weighted by atomic mass is 16.5. The van der Waals surface area contributed by atoms with Gasteiger partial charge in [0, 0.05) is 28.9 Å². The van der Waals surface area contributed by atoms with Crippen molar-refractivity contribution in [3.8, 4) is 16.9 Å². The molecule has 2 aromatic carbocycles. The van der Waals surface area contributed by atoms with Gasteiger partial charge in [0.2, 0.25) is 0 Å². The third-order valence-electron chi connectivity index (χ3n) is 6.55. The van der Waals surface area contributed by atoms with E-state index in [1.54, 1.807) is 7.11 Å². The fraction of sp³-hybridized carbons (Fsp3) is 0.333. The molecule has 0 amide bonds. The van der Waals surface area contributed by atoms with Crippen molar-refractivity contribution >= 4 is 16.7 Å². The van der Waals surface area contributed by atoms with Crippen LogP contribution in [0.3, 0.4) is 0 Å². The fourth-order valence-electron chi connectivity index (χ4n) is 4.56. The standard InChI is InChI=1S/C27H31N5O/c1-19-26-16-22(21-5-4-6-24(15-21)29-23-11-13-31(2)14-12-23)17-28-27(26)32(30-19)18-20-7-9-25(33-3)10-8-20/h4-10,15-17,23,29H,11-14,18H2,1-3H3. The van der Waals surface area contributed by atoms with E-state index in [9.17, 15) is 0 Å². The summed E-state index contributed by atoms with van der Waals surface area (Å²) in [6, 6.07) is 19.5. The second-order valence-corrected chi connectivity index (χ2v) is 8.99. The van der Waals surface area contributed by atoms with Crippen LogP contribution < -0.4 is 10.1 Å². The maximum atomic E-state index is 5.26. The number of aromatic nitrogens is 3. The van der Waals surface area contributed by atoms with Gasteiger partial charge in [0.25, 0.3) is 0 Å². The van der Waals surface area contributed by atoms with Crippen molar-refractivity contribution in [3.63, 3.8) is 0 Å². The number of aryl methyl sites for hydroxylation is 1. The van der Waals surface area contributed by atoms with Crippen molar-refractivity contribution in [1.82, 2.24) is 19.7 Å². The summed E-state index contributed by atoms with van der Waals surface area (Å²) in [5.74, 6) is 0.857. The lowest BCUT2D eigenvalue weighted by molar-refractivity contribution is 0.264. The molecule has 170 valence electrons. The topological polar surface area (TPSA) is 55.2 Å². The van der Waals surface area contributed by atoms with Crippen molar-refractivity contribution in [2.75, 3.05) is 32.6 Å². The average molecular weight is 442 g/mol. The van der Waals surface area contributed by atoms with Gasteiger partial charge in [-0.05, 0) is 81.4 Å². The van der Waals surface area contributed by atoms with Gasteiger partial charge in [-0.3, -0.25) is 0 Å². The number of anilines is 1. The van der Waals surface area contributed by atoms with E-state index in [0.717, 1.165) is 41.1 Å². The number of methoxy groups -OCH3 is 1. The van der Waals surface area contributed by atoms with Crippen molar-refractivity contribution < 1.29 is 4.74 Å². The second-order valence-electron chi connectivity index (χ2n) is 8.99. The highest BCUT2D eigenvalue weighted by Gasteiger charge is 2.16. The Kier molecular flexibility index (Phi) is 6.01. The summed E-state index contributed by atoms with van der Waals surface area (Å²) in [4.78, 5) is 7.21. The molecule has 5 rings (SSSR count). The van der Waals surface area contributed by atoms with E-state index in [0.29, 0.717) is 12.6 Å². The first-order valence-corrected chi connectivity index (χ1v) is 11.6. The van der Waals surface area contributed by atoms with Crippen LogP contribution in [0.5, 0.6) is 5.75 Å². The highest BCUT2D eigenvalue weighted by molar-refractivity contribution is 5.84. The van der Waals surface area contributed by atoms with E-state index < -0.39 is 0 Å². The molecule has 1 aliphatic heterocycles. The minimum Gasteiger partial charge on any atom is -0.497 e. The quantitative estimate of drug-likeness (QED) is 0.458. The number of benzene rings is 2. The van der Waals surface area contributed by atoms with E-state index in [2.05, 4.69) is 66.7 Å². The van der Waals surface area contributed by atoms with E-state index in [1.807, 2.05) is 23.0 Å². The molecule has 1 fully saturated rings. The molecule has 0 atom stereocenters. The van der Waals surface area contributed by atoms with Crippen LogP contribution in [-0.4, -0.2) is 53.0 Å². The minimum atomic E-state index is 0.537. The van der Waals surface area contributed by atoms with Crippen molar-refractivity contribution in [2.24, 2.45) is 0 Å². The molecule has 6 heteroatoms. The zero-order valence-electron chi connectivity index (χ0n) is 19.6. The summed E-state index contributed by atoms with van der Waals surface area (Å²) in [6.45, 7) is 5.03. The van der Waals surface area contributed by atoms with Crippen LogP contribution in [0, 0.1) is 6.92 Å². The molecule has 1 saturated heterocycles. The SMILES string of the molecule is COc1ccc(Cn2nc(C)c3cc(-c4cccc(NC5CCN(C)CC5)c4)cnc32)cc1. The number of fused-ring (bicyclic) bond motifs is 1. The molecule has 0 radical (unpaired) electrons. The molecule has 6 nitrogen and oxygen atoms in total. The lowest BCUT2D eigenvalue weighted by Gasteiger charge is -2.30. The van der Waals surface area contributed by atoms with Gasteiger partial charge < -0.3 is 15.0 Å². The Balaban J connectivity index is 1.38. The van der Waals surface area contributed by atoms with Crippen molar-refractivity contribution in [3.05, 3.63) is 72.1 Å². The predicted molar refractivity (Wildman–Crippen MR) is 134 cm³/mol. The number of likely N-dealkylation sites (tertiary alicyclic amines) is 1. The largest absolute Gasteiger partial charge is 0.497 e. The van der Waals surface area contributed by atoms with Crippen molar-refractivity contribution in [1.29, 1.82) is 0 Å². The van der Waals surface area contributed by atoms with Crippen LogP contribution in [0.2, 0.25) is 0 Å². The molecule has 0 spiro atoms. The first-order valence-electron chi connectivity index (χ1n) is 11.6. The van der Waals surface area contributed by atoms with Crippen LogP contribution >= 0.6 is 0 Å². The maximum Gasteiger partial charge on any atom is 0.158 e. The lowest BCUT2D eigenvalue weighted by atomic mass is 10.0. The van der Waals surface area contributed by atoms with Crippen LogP contribution in [0.25, 0.3) is 22.2 Å². The lowest BCUT2D eigenvalue weighted by Crippen LogP contribution is -2.36.